The third kappa shape index (κ3) is 3.37. The normalized spacial score (nSPS) is 13.0. The van der Waals surface area contributed by atoms with E-state index in [2.05, 4.69) is 26.6 Å². The fraction of sp³-hybridized carbons (Fsp3) is 0.176. The van der Waals surface area contributed by atoms with Gasteiger partial charge in [-0.2, -0.15) is 0 Å². The molecule has 0 aliphatic carbocycles. The molecule has 2 aromatic rings. The van der Waals surface area contributed by atoms with Gasteiger partial charge in [0.25, 0.3) is 5.91 Å². The number of anilines is 2. The highest BCUT2D eigenvalue weighted by atomic mass is 79.9. The Morgan fingerprint density at radius 2 is 2.04 bits per heavy atom. The lowest BCUT2D eigenvalue weighted by molar-refractivity contribution is -0.116. The van der Waals surface area contributed by atoms with Crippen molar-refractivity contribution in [2.75, 3.05) is 17.7 Å². The number of amides is 2. The molecule has 2 amide bonds. The number of hydrogen-bond donors (Lipinski definition) is 2. The zero-order chi connectivity index (χ0) is 16.4. The second-order valence-electron chi connectivity index (χ2n) is 5.22. The highest BCUT2D eigenvalue weighted by Crippen LogP contribution is 2.27. The summed E-state index contributed by atoms with van der Waals surface area (Å²) < 4.78 is 5.85. The van der Waals surface area contributed by atoms with E-state index >= 15 is 0 Å². The first-order chi connectivity index (χ1) is 11.1. The van der Waals surface area contributed by atoms with Crippen molar-refractivity contribution < 1.29 is 14.3 Å². The third-order valence-electron chi connectivity index (χ3n) is 3.68. The van der Waals surface area contributed by atoms with Crippen molar-refractivity contribution in [3.05, 3.63) is 52.0 Å². The van der Waals surface area contributed by atoms with Crippen LogP contribution < -0.4 is 15.4 Å². The second-order valence-corrected chi connectivity index (χ2v) is 6.07. The largest absolute Gasteiger partial charge is 0.497 e. The molecule has 1 aliphatic rings. The second kappa shape index (κ2) is 6.42. The average Bonchev–Trinajstić information content (AvgIpc) is 2.55. The summed E-state index contributed by atoms with van der Waals surface area (Å²) in [7, 11) is 1.56. The molecular formula is C17H15BrN2O3. The van der Waals surface area contributed by atoms with E-state index in [9.17, 15) is 9.59 Å². The van der Waals surface area contributed by atoms with Crippen LogP contribution in [0.4, 0.5) is 11.4 Å². The highest BCUT2D eigenvalue weighted by Gasteiger charge is 2.16. The predicted octanol–water partition coefficient (Wildman–Crippen LogP) is 3.59. The molecule has 1 heterocycles. The van der Waals surface area contributed by atoms with Crippen LogP contribution in [0.5, 0.6) is 5.75 Å². The molecule has 0 saturated carbocycles. The Morgan fingerprint density at radius 1 is 1.22 bits per heavy atom. The number of aryl methyl sites for hydroxylation is 1. The van der Waals surface area contributed by atoms with E-state index in [1.165, 1.54) is 0 Å². The first kappa shape index (κ1) is 15.6. The van der Waals surface area contributed by atoms with Gasteiger partial charge in [0.05, 0.1) is 12.7 Å². The quantitative estimate of drug-likeness (QED) is 0.862. The minimum Gasteiger partial charge on any atom is -0.497 e. The zero-order valence-electron chi connectivity index (χ0n) is 12.5. The van der Waals surface area contributed by atoms with Gasteiger partial charge in [-0.05, 0) is 64.3 Å². The molecule has 5 nitrogen and oxygen atoms in total. The summed E-state index contributed by atoms with van der Waals surface area (Å²) in [6.45, 7) is 0. The van der Waals surface area contributed by atoms with Gasteiger partial charge in [-0.15, -0.1) is 0 Å². The molecule has 2 aromatic carbocycles. The number of rotatable bonds is 3. The maximum absolute atomic E-state index is 12.5. The van der Waals surface area contributed by atoms with Crippen LogP contribution in [0, 0.1) is 0 Å². The Kier molecular flexibility index (Phi) is 4.34. The number of nitrogens with one attached hydrogen (secondary N) is 2. The zero-order valence-corrected chi connectivity index (χ0v) is 14.1. The lowest BCUT2D eigenvalue weighted by Gasteiger charge is -2.18. The topological polar surface area (TPSA) is 67.4 Å². The van der Waals surface area contributed by atoms with E-state index in [-0.39, 0.29) is 11.8 Å². The minimum atomic E-state index is -0.226. The molecule has 0 saturated heterocycles. The molecule has 0 spiro atoms. The number of halogens is 1. The maximum Gasteiger partial charge on any atom is 0.256 e. The molecule has 0 atom stereocenters. The van der Waals surface area contributed by atoms with Crippen LogP contribution in [0.2, 0.25) is 0 Å². The highest BCUT2D eigenvalue weighted by molar-refractivity contribution is 9.10. The van der Waals surface area contributed by atoms with E-state index in [1.54, 1.807) is 31.4 Å². The average molecular weight is 375 g/mol. The summed E-state index contributed by atoms with van der Waals surface area (Å²) in [6.07, 6.45) is 1.14. The van der Waals surface area contributed by atoms with Gasteiger partial charge < -0.3 is 15.4 Å². The molecule has 0 fully saturated rings. The Hall–Kier alpha value is -2.34. The molecule has 6 heteroatoms. The van der Waals surface area contributed by atoms with E-state index in [4.69, 9.17) is 4.74 Å². The molecule has 0 aromatic heterocycles. The molecule has 0 radical (unpaired) electrons. The van der Waals surface area contributed by atoms with Crippen molar-refractivity contribution in [1.82, 2.24) is 0 Å². The fourth-order valence-electron chi connectivity index (χ4n) is 2.46. The lowest BCUT2D eigenvalue weighted by atomic mass is 10.0. The Labute approximate surface area is 142 Å². The number of ether oxygens (including phenoxy) is 1. The van der Waals surface area contributed by atoms with Crippen molar-refractivity contribution in [1.29, 1.82) is 0 Å². The molecule has 1 aliphatic heterocycles. The van der Waals surface area contributed by atoms with Gasteiger partial charge in [-0.1, -0.05) is 0 Å². The Balaban J connectivity index is 1.82. The summed E-state index contributed by atoms with van der Waals surface area (Å²) in [5.74, 6) is 0.414. The van der Waals surface area contributed by atoms with Gasteiger partial charge in [-0.3, -0.25) is 9.59 Å². The SMILES string of the molecule is COc1ccc(Br)c(C(=O)Nc2ccc3c(c2)CCC(=O)N3)c1. The number of fused-ring (bicyclic) bond motifs is 1. The molecule has 0 bridgehead atoms. The summed E-state index contributed by atoms with van der Waals surface area (Å²) in [5, 5.41) is 5.70. The van der Waals surface area contributed by atoms with Gasteiger partial charge in [-0.25, -0.2) is 0 Å². The Morgan fingerprint density at radius 3 is 2.83 bits per heavy atom. The minimum absolute atomic E-state index is 0.0228. The van der Waals surface area contributed by atoms with Crippen molar-refractivity contribution in [2.45, 2.75) is 12.8 Å². The van der Waals surface area contributed by atoms with Crippen LogP contribution >= 0.6 is 15.9 Å². The number of carbonyl (C=O) groups is 2. The van der Waals surface area contributed by atoms with E-state index in [0.29, 0.717) is 34.3 Å². The third-order valence-corrected chi connectivity index (χ3v) is 4.37. The number of carbonyl (C=O) groups excluding carboxylic acids is 2. The Bertz CT molecular complexity index is 789. The fourth-order valence-corrected chi connectivity index (χ4v) is 2.89. The molecule has 23 heavy (non-hydrogen) atoms. The van der Waals surface area contributed by atoms with Gasteiger partial charge >= 0.3 is 0 Å². The first-order valence-corrected chi connectivity index (χ1v) is 7.94. The van der Waals surface area contributed by atoms with Crippen LogP contribution in [-0.2, 0) is 11.2 Å². The van der Waals surface area contributed by atoms with Crippen LogP contribution in [-0.4, -0.2) is 18.9 Å². The van der Waals surface area contributed by atoms with Gasteiger partial charge in [0.1, 0.15) is 5.75 Å². The van der Waals surface area contributed by atoms with E-state index < -0.39 is 0 Å². The number of benzene rings is 2. The molecule has 3 rings (SSSR count). The van der Waals surface area contributed by atoms with Crippen molar-refractivity contribution >= 4 is 39.1 Å². The summed E-state index contributed by atoms with van der Waals surface area (Å²) >= 11 is 3.38. The van der Waals surface area contributed by atoms with Crippen LogP contribution in [0.25, 0.3) is 0 Å². The van der Waals surface area contributed by atoms with Crippen molar-refractivity contribution in [3.8, 4) is 5.75 Å². The molecule has 2 N–H and O–H groups in total. The molecule has 0 unspecified atom stereocenters. The van der Waals surface area contributed by atoms with Crippen molar-refractivity contribution in [2.24, 2.45) is 0 Å². The standard InChI is InChI=1S/C17H15BrN2O3/c1-23-12-4-5-14(18)13(9-12)17(22)19-11-3-6-15-10(8-11)2-7-16(21)20-15/h3-6,8-9H,2,7H2,1H3,(H,19,22)(H,20,21). The van der Waals surface area contributed by atoms with E-state index in [0.717, 1.165) is 11.3 Å². The van der Waals surface area contributed by atoms with Gasteiger partial charge in [0.2, 0.25) is 5.91 Å². The van der Waals surface area contributed by atoms with Gasteiger partial charge in [0.15, 0.2) is 0 Å². The van der Waals surface area contributed by atoms with Crippen LogP contribution in [0.15, 0.2) is 40.9 Å². The lowest BCUT2D eigenvalue weighted by Crippen LogP contribution is -2.19. The maximum atomic E-state index is 12.5. The molecular weight excluding hydrogens is 360 g/mol. The predicted molar refractivity (Wildman–Crippen MR) is 92.0 cm³/mol. The monoisotopic (exact) mass is 374 g/mol. The van der Waals surface area contributed by atoms with Crippen LogP contribution in [0.3, 0.4) is 0 Å². The van der Waals surface area contributed by atoms with E-state index in [1.807, 2.05) is 12.1 Å². The first-order valence-electron chi connectivity index (χ1n) is 7.14. The van der Waals surface area contributed by atoms with Crippen LogP contribution in [0.1, 0.15) is 22.3 Å². The van der Waals surface area contributed by atoms with Crippen molar-refractivity contribution in [3.63, 3.8) is 0 Å². The summed E-state index contributed by atoms with van der Waals surface area (Å²) in [6, 6.07) is 10.7. The smallest absolute Gasteiger partial charge is 0.256 e. The molecule has 118 valence electrons. The van der Waals surface area contributed by atoms with Gasteiger partial charge in [0, 0.05) is 22.3 Å². The summed E-state index contributed by atoms with van der Waals surface area (Å²) in [4.78, 5) is 23.8. The number of methoxy groups -OCH3 is 1. The summed E-state index contributed by atoms with van der Waals surface area (Å²) in [5.41, 5.74) is 3.02. The number of hydrogen-bond acceptors (Lipinski definition) is 3.